The van der Waals surface area contributed by atoms with Crippen LogP contribution in [-0.2, 0) is 11.2 Å². The molecule has 112 valence electrons. The number of nitrogens with two attached hydrogens (primary N) is 1. The second-order valence-electron chi connectivity index (χ2n) is 4.69. The quantitative estimate of drug-likeness (QED) is 0.856. The maximum absolute atomic E-state index is 11.8. The molecule has 0 saturated carbocycles. The summed E-state index contributed by atoms with van der Waals surface area (Å²) in [7, 11) is 0. The lowest BCUT2D eigenvalue weighted by Gasteiger charge is -2.08. The lowest BCUT2D eigenvalue weighted by molar-refractivity contribution is -0.117. The summed E-state index contributed by atoms with van der Waals surface area (Å²) in [5.41, 5.74) is 6.81. The van der Waals surface area contributed by atoms with Gasteiger partial charge in [0.2, 0.25) is 11.0 Å². The maximum Gasteiger partial charge on any atom is 0.243 e. The van der Waals surface area contributed by atoms with Crippen LogP contribution in [0.1, 0.15) is 30.3 Å². The molecule has 1 aromatic heterocycles. The normalized spacial score (nSPS) is 12.1. The summed E-state index contributed by atoms with van der Waals surface area (Å²) in [4.78, 5) is 11.8. The molecule has 5 nitrogen and oxygen atoms in total. The minimum atomic E-state index is -0.504. The standard InChI is InChI=1S/C14H17ClN4OS/c1-2-4-11(16)13(20)17-14-19-18-12(21-14)8-9-5-3-6-10(15)7-9/h3,5-7,11H,2,4,8,16H2,1H3,(H,17,19,20). The number of carbonyl (C=O) groups is 1. The first-order chi connectivity index (χ1) is 10.1. The van der Waals surface area contributed by atoms with E-state index in [9.17, 15) is 4.79 Å². The van der Waals surface area contributed by atoms with Crippen LogP contribution >= 0.6 is 22.9 Å². The average Bonchev–Trinajstić information content (AvgIpc) is 2.86. The Morgan fingerprint density at radius 3 is 3.00 bits per heavy atom. The van der Waals surface area contributed by atoms with Crippen molar-refractivity contribution in [3.05, 3.63) is 39.9 Å². The lowest BCUT2D eigenvalue weighted by atomic mass is 10.2. The van der Waals surface area contributed by atoms with Crippen LogP contribution in [0.25, 0.3) is 0 Å². The van der Waals surface area contributed by atoms with Crippen LogP contribution in [0.15, 0.2) is 24.3 Å². The molecule has 2 rings (SSSR count). The number of anilines is 1. The molecule has 0 spiro atoms. The molecule has 1 aromatic carbocycles. The van der Waals surface area contributed by atoms with E-state index >= 15 is 0 Å². The smallest absolute Gasteiger partial charge is 0.243 e. The number of amides is 1. The largest absolute Gasteiger partial charge is 0.320 e. The summed E-state index contributed by atoms with van der Waals surface area (Å²) in [6.45, 7) is 1.99. The first-order valence-corrected chi connectivity index (χ1v) is 7.91. The van der Waals surface area contributed by atoms with E-state index in [0.717, 1.165) is 17.0 Å². The number of benzene rings is 1. The molecule has 3 N–H and O–H groups in total. The van der Waals surface area contributed by atoms with E-state index in [1.54, 1.807) is 0 Å². The third kappa shape index (κ3) is 4.77. The molecule has 0 aliphatic carbocycles. The summed E-state index contributed by atoms with van der Waals surface area (Å²) in [6.07, 6.45) is 2.15. The molecular weight excluding hydrogens is 308 g/mol. The molecule has 0 aliphatic rings. The van der Waals surface area contributed by atoms with Crippen molar-refractivity contribution in [1.29, 1.82) is 0 Å². The minimum Gasteiger partial charge on any atom is -0.320 e. The first-order valence-electron chi connectivity index (χ1n) is 6.71. The van der Waals surface area contributed by atoms with Crippen molar-refractivity contribution in [2.24, 2.45) is 5.73 Å². The molecular formula is C14H17ClN4OS. The molecule has 0 radical (unpaired) electrons. The fourth-order valence-corrected chi connectivity index (χ4v) is 2.83. The van der Waals surface area contributed by atoms with Crippen molar-refractivity contribution in [1.82, 2.24) is 10.2 Å². The van der Waals surface area contributed by atoms with E-state index < -0.39 is 6.04 Å². The van der Waals surface area contributed by atoms with Crippen LogP contribution in [0.3, 0.4) is 0 Å². The lowest BCUT2D eigenvalue weighted by Crippen LogP contribution is -2.35. The van der Waals surface area contributed by atoms with Gasteiger partial charge in [-0.05, 0) is 24.1 Å². The fourth-order valence-electron chi connectivity index (χ4n) is 1.84. The molecule has 0 aliphatic heterocycles. The third-order valence-corrected chi connectivity index (χ3v) is 3.95. The van der Waals surface area contributed by atoms with Gasteiger partial charge >= 0.3 is 0 Å². The van der Waals surface area contributed by atoms with Crippen molar-refractivity contribution in [2.75, 3.05) is 5.32 Å². The molecule has 1 heterocycles. The summed E-state index contributed by atoms with van der Waals surface area (Å²) in [6, 6.07) is 7.08. The number of carbonyl (C=O) groups excluding carboxylic acids is 1. The van der Waals surface area contributed by atoms with E-state index in [1.165, 1.54) is 11.3 Å². The molecule has 1 amide bonds. The van der Waals surface area contributed by atoms with Gasteiger partial charge in [0.25, 0.3) is 0 Å². The van der Waals surface area contributed by atoms with E-state index in [0.29, 0.717) is 23.0 Å². The highest BCUT2D eigenvalue weighted by Gasteiger charge is 2.14. The van der Waals surface area contributed by atoms with Gasteiger partial charge in [0.05, 0.1) is 6.04 Å². The van der Waals surface area contributed by atoms with E-state index in [-0.39, 0.29) is 5.91 Å². The van der Waals surface area contributed by atoms with Crippen LogP contribution in [-0.4, -0.2) is 22.1 Å². The highest BCUT2D eigenvalue weighted by Crippen LogP contribution is 2.20. The average molecular weight is 325 g/mol. The number of rotatable bonds is 6. The number of nitrogens with zero attached hydrogens (tertiary/aromatic N) is 2. The molecule has 21 heavy (non-hydrogen) atoms. The predicted molar refractivity (Wildman–Crippen MR) is 85.7 cm³/mol. The molecule has 1 atom stereocenters. The summed E-state index contributed by atoms with van der Waals surface area (Å²) >= 11 is 7.29. The monoisotopic (exact) mass is 324 g/mol. The van der Waals surface area contributed by atoms with Crippen LogP contribution in [0.4, 0.5) is 5.13 Å². The number of halogens is 1. The van der Waals surface area contributed by atoms with Gasteiger partial charge in [-0.3, -0.25) is 10.1 Å². The summed E-state index contributed by atoms with van der Waals surface area (Å²) < 4.78 is 0. The SMILES string of the molecule is CCCC(N)C(=O)Nc1nnc(Cc2cccc(Cl)c2)s1. The van der Waals surface area contributed by atoms with Gasteiger partial charge in [-0.25, -0.2) is 0 Å². The van der Waals surface area contributed by atoms with Crippen LogP contribution < -0.4 is 11.1 Å². The van der Waals surface area contributed by atoms with E-state index in [1.807, 2.05) is 31.2 Å². The maximum atomic E-state index is 11.8. The zero-order valence-electron chi connectivity index (χ0n) is 11.7. The van der Waals surface area contributed by atoms with Gasteiger partial charge in [0, 0.05) is 11.4 Å². The summed E-state index contributed by atoms with van der Waals surface area (Å²) in [5, 5.41) is 12.7. The zero-order valence-corrected chi connectivity index (χ0v) is 13.2. The van der Waals surface area contributed by atoms with Crippen LogP contribution in [0.2, 0.25) is 5.02 Å². The second kappa shape index (κ2) is 7.49. The number of hydrogen-bond acceptors (Lipinski definition) is 5. The fraction of sp³-hybridized carbons (Fsp3) is 0.357. The highest BCUT2D eigenvalue weighted by molar-refractivity contribution is 7.15. The molecule has 7 heteroatoms. The topological polar surface area (TPSA) is 80.9 Å². The Morgan fingerprint density at radius 2 is 2.29 bits per heavy atom. The number of hydrogen-bond donors (Lipinski definition) is 2. The van der Waals surface area contributed by atoms with E-state index in [4.69, 9.17) is 17.3 Å². The van der Waals surface area contributed by atoms with Crippen molar-refractivity contribution >= 4 is 34.0 Å². The second-order valence-corrected chi connectivity index (χ2v) is 6.19. The predicted octanol–water partition coefficient (Wildman–Crippen LogP) is 2.85. The Hall–Kier alpha value is -1.50. The van der Waals surface area contributed by atoms with Gasteiger partial charge in [0.1, 0.15) is 5.01 Å². The Labute approximate surface area is 132 Å². The Kier molecular flexibility index (Phi) is 5.67. The van der Waals surface area contributed by atoms with Crippen molar-refractivity contribution < 1.29 is 4.79 Å². The Bertz CT molecular complexity index is 617. The molecule has 0 bridgehead atoms. The minimum absolute atomic E-state index is 0.220. The van der Waals surface area contributed by atoms with Crippen molar-refractivity contribution in [3.63, 3.8) is 0 Å². The number of aromatic nitrogens is 2. The summed E-state index contributed by atoms with van der Waals surface area (Å²) in [5.74, 6) is -0.220. The van der Waals surface area contributed by atoms with Crippen LogP contribution in [0.5, 0.6) is 0 Å². The Balaban J connectivity index is 1.97. The van der Waals surface area contributed by atoms with Gasteiger partial charge in [-0.1, -0.05) is 48.4 Å². The highest BCUT2D eigenvalue weighted by atomic mass is 35.5. The molecule has 0 saturated heterocycles. The van der Waals surface area contributed by atoms with E-state index in [2.05, 4.69) is 15.5 Å². The zero-order chi connectivity index (χ0) is 15.2. The molecule has 1 unspecified atom stereocenters. The first kappa shape index (κ1) is 15.9. The van der Waals surface area contributed by atoms with Gasteiger partial charge < -0.3 is 5.73 Å². The van der Waals surface area contributed by atoms with Crippen molar-refractivity contribution in [3.8, 4) is 0 Å². The molecule has 2 aromatic rings. The molecule has 0 fully saturated rings. The van der Waals surface area contributed by atoms with Crippen LogP contribution in [0, 0.1) is 0 Å². The van der Waals surface area contributed by atoms with Gasteiger partial charge in [-0.15, -0.1) is 10.2 Å². The van der Waals surface area contributed by atoms with Crippen molar-refractivity contribution in [2.45, 2.75) is 32.2 Å². The van der Waals surface area contributed by atoms with Gasteiger partial charge in [0.15, 0.2) is 0 Å². The van der Waals surface area contributed by atoms with Gasteiger partial charge in [-0.2, -0.15) is 0 Å². The Morgan fingerprint density at radius 1 is 1.48 bits per heavy atom. The number of nitrogens with one attached hydrogen (secondary N) is 1. The third-order valence-electron chi connectivity index (χ3n) is 2.88.